The first-order valence-corrected chi connectivity index (χ1v) is 6.06. The zero-order chi connectivity index (χ0) is 13.7. The fraction of sp³-hybridized carbons (Fsp3) is 0.182. The summed E-state index contributed by atoms with van der Waals surface area (Å²) in [4.78, 5) is 11.9. The predicted molar refractivity (Wildman–Crippen MR) is 65.1 cm³/mol. The molecule has 2 aromatic rings. The molecule has 0 aliphatic heterocycles. The van der Waals surface area contributed by atoms with E-state index in [1.165, 1.54) is 23.6 Å². The third-order valence-corrected chi connectivity index (χ3v) is 3.27. The summed E-state index contributed by atoms with van der Waals surface area (Å²) < 4.78 is 5.88. The molecule has 0 aliphatic rings. The Hall–Kier alpha value is -2.40. The van der Waals surface area contributed by atoms with Gasteiger partial charge in [0.25, 0.3) is 0 Å². The van der Waals surface area contributed by atoms with Gasteiger partial charge in [-0.1, -0.05) is 12.1 Å². The quantitative estimate of drug-likeness (QED) is 0.764. The fourth-order valence-corrected chi connectivity index (χ4v) is 2.15. The lowest BCUT2D eigenvalue weighted by molar-refractivity contribution is -0.141. The highest BCUT2D eigenvalue weighted by atomic mass is 32.2. The Labute approximate surface area is 113 Å². The third kappa shape index (κ3) is 3.08. The van der Waals surface area contributed by atoms with E-state index < -0.39 is 5.97 Å². The van der Waals surface area contributed by atoms with Crippen LogP contribution in [0.4, 0.5) is 0 Å². The standard InChI is InChI=1S/C11H9N5O2S/c1-18-10(17)7-16-11(13-14-15-16)19-9-5-3-2-4-8(9)6-12/h2-5H,7H2,1H3. The molecule has 96 valence electrons. The number of rotatable bonds is 4. The molecule has 19 heavy (non-hydrogen) atoms. The number of hydrogen-bond donors (Lipinski definition) is 0. The second-order valence-corrected chi connectivity index (χ2v) is 4.41. The van der Waals surface area contributed by atoms with E-state index in [0.717, 1.165) is 4.90 Å². The highest BCUT2D eigenvalue weighted by Crippen LogP contribution is 2.27. The number of ether oxygens (including phenoxy) is 1. The molecule has 0 aliphatic carbocycles. The molecule has 2 rings (SSSR count). The largest absolute Gasteiger partial charge is 0.468 e. The first kappa shape index (κ1) is 13.0. The van der Waals surface area contributed by atoms with E-state index in [9.17, 15) is 4.79 Å². The molecule has 0 bridgehead atoms. The molecule has 0 atom stereocenters. The zero-order valence-electron chi connectivity index (χ0n) is 9.98. The summed E-state index contributed by atoms with van der Waals surface area (Å²) in [6.45, 7) is -0.0689. The van der Waals surface area contributed by atoms with Crippen LogP contribution in [0.2, 0.25) is 0 Å². The molecule has 0 saturated heterocycles. The summed E-state index contributed by atoms with van der Waals surface area (Å²) in [7, 11) is 1.30. The lowest BCUT2D eigenvalue weighted by atomic mass is 10.2. The van der Waals surface area contributed by atoms with Crippen molar-refractivity contribution in [1.29, 1.82) is 5.26 Å². The van der Waals surface area contributed by atoms with Crippen molar-refractivity contribution in [2.75, 3.05) is 7.11 Å². The molecule has 0 unspecified atom stereocenters. The number of carbonyl (C=O) groups excluding carboxylic acids is 1. The number of esters is 1. The SMILES string of the molecule is COC(=O)Cn1nnnc1Sc1ccccc1C#N. The molecule has 0 amide bonds. The minimum absolute atomic E-state index is 0.0689. The smallest absolute Gasteiger partial charge is 0.327 e. The maximum Gasteiger partial charge on any atom is 0.327 e. The van der Waals surface area contributed by atoms with Gasteiger partial charge in [-0.15, -0.1) is 5.10 Å². The molecule has 1 aromatic heterocycles. The van der Waals surface area contributed by atoms with Crippen LogP contribution >= 0.6 is 11.8 Å². The Kier molecular flexibility index (Phi) is 4.10. The molecule has 1 heterocycles. The second kappa shape index (κ2) is 5.97. The molecule has 8 heteroatoms. The molecule has 0 saturated carbocycles. The van der Waals surface area contributed by atoms with Crippen LogP contribution in [0, 0.1) is 11.3 Å². The van der Waals surface area contributed by atoms with Gasteiger partial charge in [-0.05, 0) is 34.3 Å². The maximum absolute atomic E-state index is 11.2. The Bertz CT molecular complexity index is 634. The summed E-state index contributed by atoms with van der Waals surface area (Å²) in [5.74, 6) is -0.442. The number of carbonyl (C=O) groups is 1. The topological polar surface area (TPSA) is 93.7 Å². The molecular formula is C11H9N5O2S. The van der Waals surface area contributed by atoms with Gasteiger partial charge in [-0.2, -0.15) is 5.26 Å². The van der Waals surface area contributed by atoms with Crippen molar-refractivity contribution in [3.8, 4) is 6.07 Å². The number of nitriles is 1. The lowest BCUT2D eigenvalue weighted by Gasteiger charge is -2.04. The molecule has 0 N–H and O–H groups in total. The summed E-state index contributed by atoms with van der Waals surface area (Å²) in [5, 5.41) is 20.5. The van der Waals surface area contributed by atoms with Gasteiger partial charge in [0.05, 0.1) is 12.7 Å². The summed E-state index contributed by atoms with van der Waals surface area (Å²) >= 11 is 1.22. The van der Waals surface area contributed by atoms with Gasteiger partial charge in [0.15, 0.2) is 0 Å². The average molecular weight is 275 g/mol. The van der Waals surface area contributed by atoms with Crippen molar-refractivity contribution in [3.63, 3.8) is 0 Å². The van der Waals surface area contributed by atoms with Crippen molar-refractivity contribution >= 4 is 17.7 Å². The number of methoxy groups -OCH3 is 1. The van der Waals surface area contributed by atoms with Gasteiger partial charge >= 0.3 is 5.97 Å². The van der Waals surface area contributed by atoms with Crippen LogP contribution in [-0.4, -0.2) is 33.3 Å². The molecule has 0 fully saturated rings. The second-order valence-electron chi connectivity index (χ2n) is 3.41. The molecular weight excluding hydrogens is 266 g/mol. The van der Waals surface area contributed by atoms with Crippen molar-refractivity contribution in [2.24, 2.45) is 0 Å². The van der Waals surface area contributed by atoms with E-state index in [4.69, 9.17) is 5.26 Å². The van der Waals surface area contributed by atoms with Gasteiger partial charge in [0, 0.05) is 4.90 Å². The van der Waals surface area contributed by atoms with Gasteiger partial charge in [-0.3, -0.25) is 4.79 Å². The Morgan fingerprint density at radius 3 is 3.05 bits per heavy atom. The summed E-state index contributed by atoms with van der Waals surface area (Å²) in [6, 6.07) is 9.18. The molecule has 0 radical (unpaired) electrons. The highest BCUT2D eigenvalue weighted by molar-refractivity contribution is 7.99. The van der Waals surface area contributed by atoms with Crippen LogP contribution in [0.15, 0.2) is 34.3 Å². The first-order chi connectivity index (χ1) is 9.24. The van der Waals surface area contributed by atoms with Crippen LogP contribution in [0.25, 0.3) is 0 Å². The minimum atomic E-state index is -0.442. The summed E-state index contributed by atoms with van der Waals surface area (Å²) in [6.07, 6.45) is 0. The van der Waals surface area contributed by atoms with E-state index in [1.54, 1.807) is 18.2 Å². The van der Waals surface area contributed by atoms with Crippen LogP contribution in [0.5, 0.6) is 0 Å². The number of benzene rings is 1. The van der Waals surface area contributed by atoms with Crippen molar-refractivity contribution < 1.29 is 9.53 Å². The molecule has 1 aromatic carbocycles. The Morgan fingerprint density at radius 2 is 2.32 bits per heavy atom. The number of tetrazole rings is 1. The van der Waals surface area contributed by atoms with Crippen LogP contribution in [0.3, 0.4) is 0 Å². The van der Waals surface area contributed by atoms with Gasteiger partial charge < -0.3 is 4.74 Å². The number of nitrogens with zero attached hydrogens (tertiary/aromatic N) is 5. The van der Waals surface area contributed by atoms with Gasteiger partial charge in [0.2, 0.25) is 5.16 Å². The monoisotopic (exact) mass is 275 g/mol. The number of hydrogen-bond acceptors (Lipinski definition) is 7. The van der Waals surface area contributed by atoms with Gasteiger partial charge in [-0.25, -0.2) is 4.68 Å². The molecule has 7 nitrogen and oxygen atoms in total. The van der Waals surface area contributed by atoms with Crippen LogP contribution < -0.4 is 0 Å². The van der Waals surface area contributed by atoms with Crippen molar-refractivity contribution in [3.05, 3.63) is 29.8 Å². The number of aromatic nitrogens is 4. The Balaban J connectivity index is 2.22. The van der Waals surface area contributed by atoms with Crippen LogP contribution in [-0.2, 0) is 16.1 Å². The van der Waals surface area contributed by atoms with E-state index in [-0.39, 0.29) is 6.54 Å². The van der Waals surface area contributed by atoms with E-state index in [1.807, 2.05) is 6.07 Å². The average Bonchev–Trinajstić information content (AvgIpc) is 2.86. The normalized spacial score (nSPS) is 9.89. The van der Waals surface area contributed by atoms with E-state index in [2.05, 4.69) is 26.3 Å². The predicted octanol–water partition coefficient (Wildman–Crippen LogP) is 0.869. The zero-order valence-corrected chi connectivity index (χ0v) is 10.8. The first-order valence-electron chi connectivity index (χ1n) is 5.24. The highest BCUT2D eigenvalue weighted by Gasteiger charge is 2.13. The molecule has 0 spiro atoms. The minimum Gasteiger partial charge on any atom is -0.468 e. The summed E-state index contributed by atoms with van der Waals surface area (Å²) in [5.41, 5.74) is 0.528. The third-order valence-electron chi connectivity index (χ3n) is 2.21. The van der Waals surface area contributed by atoms with Crippen LogP contribution in [0.1, 0.15) is 5.56 Å². The van der Waals surface area contributed by atoms with E-state index >= 15 is 0 Å². The van der Waals surface area contributed by atoms with Gasteiger partial charge in [0.1, 0.15) is 12.6 Å². The van der Waals surface area contributed by atoms with Crippen molar-refractivity contribution in [1.82, 2.24) is 20.2 Å². The van der Waals surface area contributed by atoms with E-state index in [0.29, 0.717) is 10.7 Å². The van der Waals surface area contributed by atoms with Crippen molar-refractivity contribution in [2.45, 2.75) is 16.6 Å². The lowest BCUT2D eigenvalue weighted by Crippen LogP contribution is -2.13. The Morgan fingerprint density at radius 1 is 1.53 bits per heavy atom. The maximum atomic E-state index is 11.2. The fourth-order valence-electron chi connectivity index (χ4n) is 1.30.